The topological polar surface area (TPSA) is 0 Å². The third-order valence-corrected chi connectivity index (χ3v) is 6.03. The lowest BCUT2D eigenvalue weighted by Crippen LogP contribution is -1.92. The van der Waals surface area contributed by atoms with Gasteiger partial charge in [0.15, 0.2) is 0 Å². The summed E-state index contributed by atoms with van der Waals surface area (Å²) < 4.78 is 1.31. The third-order valence-electron chi connectivity index (χ3n) is 2.46. The van der Waals surface area contributed by atoms with Gasteiger partial charge in [0.2, 0.25) is 0 Å². The maximum Gasteiger partial charge on any atom is 0.0748 e. The van der Waals surface area contributed by atoms with Gasteiger partial charge in [-0.2, -0.15) is 0 Å². The smallest absolute Gasteiger partial charge is 0.0748 e. The van der Waals surface area contributed by atoms with E-state index in [0.717, 1.165) is 6.42 Å². The van der Waals surface area contributed by atoms with Crippen molar-refractivity contribution >= 4 is 49.9 Å². The quantitative estimate of drug-likeness (QED) is 0.472. The number of alkyl halides is 1. The van der Waals surface area contributed by atoms with E-state index in [4.69, 9.17) is 0 Å². The molecule has 0 aliphatic carbocycles. The summed E-state index contributed by atoms with van der Waals surface area (Å²) in [6.45, 7) is 2.20. The number of aryl methyl sites for hydroxylation is 1. The van der Waals surface area contributed by atoms with Crippen LogP contribution in [0.2, 0.25) is 0 Å². The summed E-state index contributed by atoms with van der Waals surface area (Å²) in [6.07, 6.45) is 1.12. The Bertz CT molecular complexity index is 478. The van der Waals surface area contributed by atoms with Crippen molar-refractivity contribution in [2.24, 2.45) is 0 Å². The number of hydrogen-bond acceptors (Lipinski definition) is 1. The molecule has 0 nitrogen and oxygen atoms in total. The van der Waals surface area contributed by atoms with Gasteiger partial charge in [0.05, 0.1) is 4.83 Å². The summed E-state index contributed by atoms with van der Waals surface area (Å²) in [4.78, 5) is 3.16. The van der Waals surface area contributed by atoms with Gasteiger partial charge in [0.1, 0.15) is 0 Å². The van der Waals surface area contributed by atoms with E-state index in [1.54, 1.807) is 0 Å². The van der Waals surface area contributed by atoms with E-state index in [-0.39, 0.29) is 0 Å². The molecule has 1 aromatic carbocycles. The van der Waals surface area contributed by atoms with Crippen LogP contribution in [0.25, 0.3) is 0 Å². The Balaban J connectivity index is 2.31. The Morgan fingerprint density at radius 3 is 2.62 bits per heavy atom. The average molecular weight is 407 g/mol. The summed E-state index contributed by atoms with van der Waals surface area (Å²) in [5, 5.41) is 0. The molecule has 16 heavy (non-hydrogen) atoms. The monoisotopic (exact) mass is 406 g/mol. The predicted octanol–water partition coefficient (Wildman–Crippen LogP) is 5.40. The van der Waals surface area contributed by atoms with E-state index < -0.39 is 0 Å². The van der Waals surface area contributed by atoms with E-state index in [1.807, 2.05) is 11.3 Å². The molecule has 1 aromatic heterocycles. The standard InChI is InChI=1S/C13H12BrIS/c1-2-9-7-8-12(16-9)13(14)10-5-3-4-6-11(10)15/h3-8,13H,2H2,1H3. The van der Waals surface area contributed by atoms with E-state index in [9.17, 15) is 0 Å². The van der Waals surface area contributed by atoms with Crippen molar-refractivity contribution < 1.29 is 0 Å². The lowest BCUT2D eigenvalue weighted by Gasteiger charge is -2.09. The highest BCUT2D eigenvalue weighted by atomic mass is 127. The highest BCUT2D eigenvalue weighted by molar-refractivity contribution is 14.1. The van der Waals surface area contributed by atoms with Crippen LogP contribution in [0, 0.1) is 3.57 Å². The zero-order valence-corrected chi connectivity index (χ0v) is 13.5. The zero-order valence-electron chi connectivity index (χ0n) is 8.91. The molecule has 0 saturated heterocycles. The molecule has 1 heterocycles. The molecule has 1 unspecified atom stereocenters. The second-order valence-corrected chi connectivity index (χ2v) is 6.82. The third kappa shape index (κ3) is 2.68. The molecule has 1 atom stereocenters. The first-order valence-electron chi connectivity index (χ1n) is 5.19. The van der Waals surface area contributed by atoms with Crippen LogP contribution in [0.5, 0.6) is 0 Å². The summed E-state index contributed by atoms with van der Waals surface area (Å²) in [7, 11) is 0. The molecule has 0 amide bonds. The molecule has 0 saturated carbocycles. The molecule has 2 aromatic rings. The van der Waals surface area contributed by atoms with E-state index >= 15 is 0 Å². The summed E-state index contributed by atoms with van der Waals surface area (Å²) in [5.74, 6) is 0. The summed E-state index contributed by atoms with van der Waals surface area (Å²) in [6, 6.07) is 13.0. The molecule has 0 fully saturated rings. The molecule has 0 radical (unpaired) electrons. The minimum absolute atomic E-state index is 0.325. The number of thiophene rings is 1. The van der Waals surface area contributed by atoms with Gasteiger partial charge in [-0.25, -0.2) is 0 Å². The molecule has 0 spiro atoms. The molecular formula is C13H12BrIS. The highest BCUT2D eigenvalue weighted by Gasteiger charge is 2.14. The number of rotatable bonds is 3. The first kappa shape index (κ1) is 12.6. The molecule has 3 heteroatoms. The molecule has 2 rings (SSSR count). The zero-order chi connectivity index (χ0) is 11.5. The van der Waals surface area contributed by atoms with Crippen molar-refractivity contribution in [2.75, 3.05) is 0 Å². The fraction of sp³-hybridized carbons (Fsp3) is 0.231. The van der Waals surface area contributed by atoms with E-state index in [0.29, 0.717) is 4.83 Å². The lowest BCUT2D eigenvalue weighted by atomic mass is 10.1. The second-order valence-electron chi connectivity index (χ2n) is 3.54. The SMILES string of the molecule is CCc1ccc(C(Br)c2ccccc2I)s1. The van der Waals surface area contributed by atoms with E-state index in [2.05, 4.69) is 81.8 Å². The van der Waals surface area contributed by atoms with Crippen LogP contribution < -0.4 is 0 Å². The molecule has 84 valence electrons. The molecule has 0 aliphatic heterocycles. The van der Waals surface area contributed by atoms with Gasteiger partial charge >= 0.3 is 0 Å². The van der Waals surface area contributed by atoms with Crippen LogP contribution >= 0.6 is 49.9 Å². The fourth-order valence-electron chi connectivity index (χ4n) is 1.55. The van der Waals surface area contributed by atoms with Crippen molar-refractivity contribution in [3.05, 3.63) is 55.3 Å². The van der Waals surface area contributed by atoms with Crippen molar-refractivity contribution in [1.29, 1.82) is 0 Å². The number of halogens is 2. The first-order chi connectivity index (χ1) is 7.72. The Labute approximate surface area is 122 Å². The summed E-state index contributed by atoms with van der Waals surface area (Å²) >= 11 is 8.08. The normalized spacial score (nSPS) is 12.7. The van der Waals surface area contributed by atoms with Gasteiger partial charge in [0.25, 0.3) is 0 Å². The van der Waals surface area contributed by atoms with Crippen molar-refractivity contribution in [3.8, 4) is 0 Å². The lowest BCUT2D eigenvalue weighted by molar-refractivity contribution is 1.19. The van der Waals surface area contributed by atoms with Crippen LogP contribution in [0.4, 0.5) is 0 Å². The Morgan fingerprint density at radius 2 is 2.00 bits per heavy atom. The van der Waals surface area contributed by atoms with Crippen molar-refractivity contribution in [1.82, 2.24) is 0 Å². The van der Waals surface area contributed by atoms with Crippen molar-refractivity contribution in [3.63, 3.8) is 0 Å². The van der Waals surface area contributed by atoms with Gasteiger partial charge in [-0.1, -0.05) is 41.1 Å². The second kappa shape index (κ2) is 5.65. The maximum atomic E-state index is 3.79. The van der Waals surface area contributed by atoms with Gasteiger partial charge in [-0.3, -0.25) is 0 Å². The minimum atomic E-state index is 0.325. The highest BCUT2D eigenvalue weighted by Crippen LogP contribution is 2.37. The van der Waals surface area contributed by atoms with Crippen LogP contribution in [-0.4, -0.2) is 0 Å². The fourth-order valence-corrected chi connectivity index (χ4v) is 4.46. The molecule has 0 aliphatic rings. The van der Waals surface area contributed by atoms with Gasteiger partial charge in [0, 0.05) is 13.3 Å². The largest absolute Gasteiger partial charge is 0.144 e. The number of benzene rings is 1. The molecule has 0 bridgehead atoms. The van der Waals surface area contributed by atoms with Gasteiger partial charge in [-0.05, 0) is 52.8 Å². The maximum absolute atomic E-state index is 3.79. The van der Waals surface area contributed by atoms with Crippen LogP contribution in [0.15, 0.2) is 36.4 Å². The minimum Gasteiger partial charge on any atom is -0.144 e. The molecule has 0 N–H and O–H groups in total. The average Bonchev–Trinajstić information content (AvgIpc) is 2.77. The van der Waals surface area contributed by atoms with Gasteiger partial charge in [-0.15, -0.1) is 11.3 Å². The van der Waals surface area contributed by atoms with E-state index in [1.165, 1.54) is 18.9 Å². The van der Waals surface area contributed by atoms with Gasteiger partial charge < -0.3 is 0 Å². The number of hydrogen-bond donors (Lipinski definition) is 0. The van der Waals surface area contributed by atoms with Crippen LogP contribution in [-0.2, 0) is 6.42 Å². The van der Waals surface area contributed by atoms with Crippen molar-refractivity contribution in [2.45, 2.75) is 18.2 Å². The summed E-state index contributed by atoms with van der Waals surface area (Å²) in [5.41, 5.74) is 1.35. The Kier molecular flexibility index (Phi) is 4.44. The van der Waals surface area contributed by atoms with Crippen LogP contribution in [0.3, 0.4) is 0 Å². The first-order valence-corrected chi connectivity index (χ1v) is 8.00. The Hall–Kier alpha value is 0.130. The molecular weight excluding hydrogens is 395 g/mol. The predicted molar refractivity (Wildman–Crippen MR) is 83.6 cm³/mol. The Morgan fingerprint density at radius 1 is 1.25 bits per heavy atom. The van der Waals surface area contributed by atoms with Crippen LogP contribution in [0.1, 0.15) is 27.1 Å².